The molecule has 1 saturated carbocycles. The van der Waals surface area contributed by atoms with Gasteiger partial charge in [0.15, 0.2) is 0 Å². The fourth-order valence-corrected chi connectivity index (χ4v) is 2.39. The SMILES string of the molecule is Cc1nn(C2CCCCC2)cc1C(=O)Cl. The van der Waals surface area contributed by atoms with Gasteiger partial charge >= 0.3 is 0 Å². The quantitative estimate of drug-likeness (QED) is 0.727. The van der Waals surface area contributed by atoms with Gasteiger partial charge in [0.05, 0.1) is 17.3 Å². The molecule has 0 atom stereocenters. The smallest absolute Gasteiger partial charge is 0.255 e. The molecule has 3 nitrogen and oxygen atoms in total. The number of carbonyl (C=O) groups excluding carboxylic acids is 1. The largest absolute Gasteiger partial charge is 0.275 e. The zero-order chi connectivity index (χ0) is 10.8. The molecule has 1 aliphatic rings. The summed E-state index contributed by atoms with van der Waals surface area (Å²) in [7, 11) is 0. The topological polar surface area (TPSA) is 34.9 Å². The average Bonchev–Trinajstić information content (AvgIpc) is 2.62. The van der Waals surface area contributed by atoms with Crippen LogP contribution in [0.1, 0.15) is 54.2 Å². The molecule has 1 aromatic rings. The summed E-state index contributed by atoms with van der Waals surface area (Å²) in [6.45, 7) is 1.83. The standard InChI is InChI=1S/C11H15ClN2O/c1-8-10(11(12)15)7-14(13-8)9-5-3-2-4-6-9/h7,9H,2-6H2,1H3. The van der Waals surface area contributed by atoms with Gasteiger partial charge in [-0.3, -0.25) is 9.48 Å². The molecule has 1 fully saturated rings. The van der Waals surface area contributed by atoms with E-state index in [9.17, 15) is 4.79 Å². The molecule has 0 bridgehead atoms. The molecule has 2 rings (SSSR count). The number of hydrogen-bond donors (Lipinski definition) is 0. The highest BCUT2D eigenvalue weighted by molar-refractivity contribution is 6.67. The van der Waals surface area contributed by atoms with Crippen LogP contribution in [-0.4, -0.2) is 15.0 Å². The Morgan fingerprint density at radius 2 is 2.13 bits per heavy atom. The van der Waals surface area contributed by atoms with Gasteiger partial charge in [-0.1, -0.05) is 19.3 Å². The minimum absolute atomic E-state index is 0.408. The maximum absolute atomic E-state index is 11.1. The number of aromatic nitrogens is 2. The molecule has 1 heterocycles. The highest BCUT2D eigenvalue weighted by Crippen LogP contribution is 2.28. The molecule has 0 N–H and O–H groups in total. The molecule has 1 aromatic heterocycles. The van der Waals surface area contributed by atoms with Crippen LogP contribution in [0.5, 0.6) is 0 Å². The number of aryl methyl sites for hydroxylation is 1. The molecular weight excluding hydrogens is 212 g/mol. The first-order chi connectivity index (χ1) is 7.18. The molecule has 4 heteroatoms. The summed E-state index contributed by atoms with van der Waals surface area (Å²) in [6, 6.07) is 0.460. The maximum Gasteiger partial charge on any atom is 0.255 e. The summed E-state index contributed by atoms with van der Waals surface area (Å²) >= 11 is 5.47. The zero-order valence-corrected chi connectivity index (χ0v) is 9.63. The van der Waals surface area contributed by atoms with E-state index in [0.717, 1.165) is 18.5 Å². The lowest BCUT2D eigenvalue weighted by atomic mass is 9.96. The summed E-state index contributed by atoms with van der Waals surface area (Å²) in [5.41, 5.74) is 1.28. The van der Waals surface area contributed by atoms with Crippen molar-refractivity contribution in [3.63, 3.8) is 0 Å². The summed E-state index contributed by atoms with van der Waals surface area (Å²) in [5, 5.41) is 3.96. The molecule has 82 valence electrons. The van der Waals surface area contributed by atoms with Crippen LogP contribution in [0.2, 0.25) is 0 Å². The molecule has 15 heavy (non-hydrogen) atoms. The Kier molecular flexibility index (Phi) is 3.10. The van der Waals surface area contributed by atoms with Crippen molar-refractivity contribution < 1.29 is 4.79 Å². The van der Waals surface area contributed by atoms with Crippen molar-refractivity contribution in [3.8, 4) is 0 Å². The molecule has 0 unspecified atom stereocenters. The average molecular weight is 227 g/mol. The van der Waals surface area contributed by atoms with E-state index in [0.29, 0.717) is 11.6 Å². The van der Waals surface area contributed by atoms with Gasteiger partial charge in [0.1, 0.15) is 0 Å². The normalized spacial score (nSPS) is 18.0. The van der Waals surface area contributed by atoms with Crippen molar-refractivity contribution in [1.29, 1.82) is 0 Å². The Morgan fingerprint density at radius 3 is 2.67 bits per heavy atom. The Hall–Kier alpha value is -0.830. The molecule has 0 aliphatic heterocycles. The highest BCUT2D eigenvalue weighted by Gasteiger charge is 2.19. The minimum Gasteiger partial charge on any atom is -0.275 e. The van der Waals surface area contributed by atoms with E-state index in [2.05, 4.69) is 5.10 Å². The first kappa shape index (κ1) is 10.7. The zero-order valence-electron chi connectivity index (χ0n) is 8.87. The monoisotopic (exact) mass is 226 g/mol. The summed E-state index contributed by atoms with van der Waals surface area (Å²) < 4.78 is 1.92. The molecule has 0 aromatic carbocycles. The van der Waals surface area contributed by atoms with E-state index in [1.54, 1.807) is 6.20 Å². The maximum atomic E-state index is 11.1. The Labute approximate surface area is 94.4 Å². The number of carbonyl (C=O) groups is 1. The summed E-state index contributed by atoms with van der Waals surface area (Å²) in [5.74, 6) is 0. The van der Waals surface area contributed by atoms with Crippen LogP contribution in [0.4, 0.5) is 0 Å². The number of nitrogens with zero attached hydrogens (tertiary/aromatic N) is 2. The Morgan fingerprint density at radius 1 is 1.47 bits per heavy atom. The van der Waals surface area contributed by atoms with Gasteiger partial charge in [-0.15, -0.1) is 0 Å². The summed E-state index contributed by atoms with van der Waals surface area (Å²) in [4.78, 5) is 11.1. The lowest BCUT2D eigenvalue weighted by Gasteiger charge is -2.21. The molecule has 0 radical (unpaired) electrons. The second-order valence-corrected chi connectivity index (χ2v) is 4.52. The van der Waals surface area contributed by atoms with Crippen LogP contribution >= 0.6 is 11.6 Å². The minimum atomic E-state index is -0.408. The molecule has 1 aliphatic carbocycles. The first-order valence-electron chi connectivity index (χ1n) is 5.44. The van der Waals surface area contributed by atoms with Gasteiger partial charge in [0, 0.05) is 6.20 Å². The van der Waals surface area contributed by atoms with Crippen molar-refractivity contribution in [2.45, 2.75) is 45.1 Å². The Balaban J connectivity index is 2.21. The van der Waals surface area contributed by atoms with Gasteiger partial charge in [-0.05, 0) is 31.4 Å². The van der Waals surface area contributed by atoms with Crippen LogP contribution < -0.4 is 0 Å². The van der Waals surface area contributed by atoms with Crippen molar-refractivity contribution in [2.24, 2.45) is 0 Å². The predicted molar refractivity (Wildman–Crippen MR) is 59.3 cm³/mol. The second kappa shape index (κ2) is 4.35. The first-order valence-corrected chi connectivity index (χ1v) is 5.82. The van der Waals surface area contributed by atoms with Gasteiger partial charge in [0.25, 0.3) is 5.24 Å². The lowest BCUT2D eigenvalue weighted by molar-refractivity contribution is 0.108. The van der Waals surface area contributed by atoms with Crippen LogP contribution in [0.25, 0.3) is 0 Å². The summed E-state index contributed by atoms with van der Waals surface area (Å²) in [6.07, 6.45) is 7.95. The fourth-order valence-electron chi connectivity index (χ4n) is 2.21. The second-order valence-electron chi connectivity index (χ2n) is 4.17. The molecule has 0 amide bonds. The predicted octanol–water partition coefficient (Wildman–Crippen LogP) is 3.08. The van der Waals surface area contributed by atoms with E-state index >= 15 is 0 Å². The van der Waals surface area contributed by atoms with Gasteiger partial charge in [0.2, 0.25) is 0 Å². The van der Waals surface area contributed by atoms with Crippen molar-refractivity contribution in [2.75, 3.05) is 0 Å². The number of rotatable bonds is 2. The third kappa shape index (κ3) is 2.23. The van der Waals surface area contributed by atoms with Gasteiger partial charge in [-0.2, -0.15) is 5.10 Å². The molecular formula is C11H15ClN2O. The van der Waals surface area contributed by atoms with Crippen LogP contribution in [0.3, 0.4) is 0 Å². The van der Waals surface area contributed by atoms with Crippen molar-refractivity contribution in [3.05, 3.63) is 17.5 Å². The van der Waals surface area contributed by atoms with Gasteiger partial charge in [-0.25, -0.2) is 0 Å². The van der Waals surface area contributed by atoms with E-state index in [4.69, 9.17) is 11.6 Å². The fraction of sp³-hybridized carbons (Fsp3) is 0.636. The third-order valence-corrected chi connectivity index (χ3v) is 3.28. The third-order valence-electron chi connectivity index (χ3n) is 3.08. The van der Waals surface area contributed by atoms with E-state index < -0.39 is 5.24 Å². The molecule has 0 saturated heterocycles. The van der Waals surface area contributed by atoms with Gasteiger partial charge < -0.3 is 0 Å². The highest BCUT2D eigenvalue weighted by atomic mass is 35.5. The van der Waals surface area contributed by atoms with Crippen LogP contribution in [0.15, 0.2) is 6.20 Å². The van der Waals surface area contributed by atoms with Crippen LogP contribution in [0, 0.1) is 6.92 Å². The number of hydrogen-bond acceptors (Lipinski definition) is 2. The van der Waals surface area contributed by atoms with Crippen molar-refractivity contribution in [1.82, 2.24) is 9.78 Å². The van der Waals surface area contributed by atoms with E-state index in [-0.39, 0.29) is 0 Å². The van der Waals surface area contributed by atoms with Crippen LogP contribution in [-0.2, 0) is 0 Å². The Bertz CT molecular complexity index is 367. The number of halogens is 1. The van der Waals surface area contributed by atoms with Crippen molar-refractivity contribution >= 4 is 16.8 Å². The van der Waals surface area contributed by atoms with E-state index in [1.807, 2.05) is 11.6 Å². The lowest BCUT2D eigenvalue weighted by Crippen LogP contribution is -2.13. The van der Waals surface area contributed by atoms with E-state index in [1.165, 1.54) is 19.3 Å². The molecule has 0 spiro atoms.